The Morgan fingerprint density at radius 2 is 1.96 bits per heavy atom. The van der Waals surface area contributed by atoms with Crippen molar-refractivity contribution < 1.29 is 27.8 Å². The van der Waals surface area contributed by atoms with Crippen LogP contribution in [0.4, 0.5) is 13.2 Å². The maximum atomic E-state index is 13.5. The minimum Gasteiger partial charge on any atom is -0.460 e. The molecule has 2 N–H and O–H groups in total. The molecule has 1 heterocycles. The van der Waals surface area contributed by atoms with E-state index in [0.29, 0.717) is 11.4 Å². The van der Waals surface area contributed by atoms with Gasteiger partial charge in [-0.15, -0.1) is 0 Å². The maximum absolute atomic E-state index is 13.5. The lowest BCUT2D eigenvalue weighted by molar-refractivity contribution is -0.141. The molecule has 1 aliphatic heterocycles. The van der Waals surface area contributed by atoms with Crippen molar-refractivity contribution >= 4 is 5.97 Å². The molecule has 0 saturated heterocycles. The molecule has 0 fully saturated rings. The molecular weight excluding hydrogens is 349 g/mol. The summed E-state index contributed by atoms with van der Waals surface area (Å²) < 4.78 is 45.3. The molecule has 0 aliphatic carbocycles. The number of dihydropyridines is 1. The third kappa shape index (κ3) is 3.73. The summed E-state index contributed by atoms with van der Waals surface area (Å²) in [5.74, 6) is -2.10. The number of nitriles is 1. The monoisotopic (exact) mass is 366 g/mol. The number of rotatable bonds is 4. The average Bonchev–Trinajstić information content (AvgIpc) is 2.58. The Bertz CT molecular complexity index is 820. The lowest BCUT2D eigenvalue weighted by Crippen LogP contribution is -2.30. The van der Waals surface area contributed by atoms with Crippen molar-refractivity contribution in [2.45, 2.75) is 25.9 Å². The first kappa shape index (κ1) is 19.5. The molecule has 1 unspecified atom stereocenters. The predicted molar refractivity (Wildman–Crippen MR) is 86.4 cm³/mol. The van der Waals surface area contributed by atoms with Gasteiger partial charge in [0.25, 0.3) is 0 Å². The summed E-state index contributed by atoms with van der Waals surface area (Å²) in [4.78, 5) is 12.4. The lowest BCUT2D eigenvalue weighted by atomic mass is 9.79. The largest absolute Gasteiger partial charge is 0.460 e. The number of carbonyl (C=O) groups excluding carboxylic acids is 1. The molecule has 1 aliphatic rings. The van der Waals surface area contributed by atoms with E-state index < -0.39 is 30.2 Å². The fraction of sp³-hybridized carbons (Fsp3) is 0.333. The minimum absolute atomic E-state index is 0.00301. The molecule has 0 bridgehead atoms. The van der Waals surface area contributed by atoms with Crippen molar-refractivity contribution in [3.05, 3.63) is 57.9 Å². The fourth-order valence-electron chi connectivity index (χ4n) is 2.95. The summed E-state index contributed by atoms with van der Waals surface area (Å²) >= 11 is 0. The number of aliphatic hydroxyl groups excluding tert-OH is 1. The number of hydrogen-bond donors (Lipinski definition) is 2. The first-order chi connectivity index (χ1) is 12.2. The van der Waals surface area contributed by atoms with Crippen LogP contribution in [0.3, 0.4) is 0 Å². The zero-order valence-corrected chi connectivity index (χ0v) is 14.1. The number of benzene rings is 1. The Morgan fingerprint density at radius 3 is 2.54 bits per heavy atom. The number of allylic oxidation sites excluding steroid dienone is 3. The molecular formula is C18H17F3N2O3. The van der Waals surface area contributed by atoms with E-state index in [-0.39, 0.29) is 23.3 Å². The summed E-state index contributed by atoms with van der Waals surface area (Å²) in [5.41, 5.74) is -0.543. The second-order valence-corrected chi connectivity index (χ2v) is 5.69. The second kappa shape index (κ2) is 7.62. The highest BCUT2D eigenvalue weighted by atomic mass is 19.4. The predicted octanol–water partition coefficient (Wildman–Crippen LogP) is 3.00. The van der Waals surface area contributed by atoms with Crippen LogP contribution in [-0.2, 0) is 15.7 Å². The Labute approximate surface area is 148 Å². The van der Waals surface area contributed by atoms with E-state index in [9.17, 15) is 23.2 Å². The molecule has 1 aromatic carbocycles. The van der Waals surface area contributed by atoms with Crippen LogP contribution in [0.1, 0.15) is 30.9 Å². The number of alkyl halides is 3. The highest BCUT2D eigenvalue weighted by molar-refractivity contribution is 5.93. The van der Waals surface area contributed by atoms with Crippen molar-refractivity contribution in [2.24, 2.45) is 0 Å². The minimum atomic E-state index is -4.65. The van der Waals surface area contributed by atoms with E-state index in [2.05, 4.69) is 5.32 Å². The third-order valence-corrected chi connectivity index (χ3v) is 4.00. The Balaban J connectivity index is 2.69. The van der Waals surface area contributed by atoms with Crippen LogP contribution >= 0.6 is 0 Å². The number of ether oxygens (including phenoxy) is 1. The van der Waals surface area contributed by atoms with Crippen LogP contribution in [0.2, 0.25) is 0 Å². The molecule has 0 radical (unpaired) electrons. The summed E-state index contributed by atoms with van der Waals surface area (Å²) in [7, 11) is 0. The number of nitrogens with zero attached hydrogens (tertiary/aromatic N) is 1. The lowest BCUT2D eigenvalue weighted by Gasteiger charge is -2.30. The van der Waals surface area contributed by atoms with E-state index in [4.69, 9.17) is 9.84 Å². The van der Waals surface area contributed by atoms with Gasteiger partial charge in [-0.25, -0.2) is 4.79 Å². The van der Waals surface area contributed by atoms with Crippen LogP contribution in [0.15, 0.2) is 46.8 Å². The van der Waals surface area contributed by atoms with Gasteiger partial charge in [0, 0.05) is 11.4 Å². The molecule has 2 rings (SSSR count). The van der Waals surface area contributed by atoms with Crippen LogP contribution in [0.25, 0.3) is 0 Å². The molecule has 5 nitrogen and oxygen atoms in total. The number of esters is 1. The maximum Gasteiger partial charge on any atom is 0.416 e. The van der Waals surface area contributed by atoms with Crippen molar-refractivity contribution in [1.29, 1.82) is 5.26 Å². The van der Waals surface area contributed by atoms with Gasteiger partial charge in [0.15, 0.2) is 0 Å². The van der Waals surface area contributed by atoms with Crippen LogP contribution in [0.5, 0.6) is 0 Å². The zero-order chi connectivity index (χ0) is 19.5. The van der Waals surface area contributed by atoms with Gasteiger partial charge < -0.3 is 15.2 Å². The number of aliphatic hydroxyl groups is 1. The zero-order valence-electron chi connectivity index (χ0n) is 14.1. The third-order valence-electron chi connectivity index (χ3n) is 4.00. The van der Waals surface area contributed by atoms with Gasteiger partial charge in [-0.3, -0.25) is 0 Å². The highest BCUT2D eigenvalue weighted by Gasteiger charge is 2.41. The number of carbonyl (C=O) groups is 1. The summed E-state index contributed by atoms with van der Waals surface area (Å²) in [6.07, 6.45) is -4.65. The van der Waals surface area contributed by atoms with Crippen LogP contribution in [0, 0.1) is 11.3 Å². The topological polar surface area (TPSA) is 82.4 Å². The first-order valence-electron chi connectivity index (χ1n) is 7.75. The highest BCUT2D eigenvalue weighted by Crippen LogP contribution is 2.43. The van der Waals surface area contributed by atoms with E-state index >= 15 is 0 Å². The van der Waals surface area contributed by atoms with Gasteiger partial charge in [0.05, 0.1) is 35.3 Å². The normalized spacial score (nSPS) is 17.7. The second-order valence-electron chi connectivity index (χ2n) is 5.69. The van der Waals surface area contributed by atoms with Crippen molar-refractivity contribution in [1.82, 2.24) is 5.32 Å². The SMILES string of the molecule is CC1=C(C#N)C(c2ccccc2C(F)(F)F)C(C(=O)OCCO)=C(C)N1. The van der Waals surface area contributed by atoms with Crippen LogP contribution in [-0.4, -0.2) is 24.3 Å². The van der Waals surface area contributed by atoms with Gasteiger partial charge in [-0.1, -0.05) is 18.2 Å². The Morgan fingerprint density at radius 1 is 1.31 bits per heavy atom. The molecule has 0 spiro atoms. The summed E-state index contributed by atoms with van der Waals surface area (Å²) in [5, 5.41) is 21.2. The Kier molecular flexibility index (Phi) is 5.73. The van der Waals surface area contributed by atoms with Gasteiger partial charge >= 0.3 is 12.1 Å². The quantitative estimate of drug-likeness (QED) is 0.801. The van der Waals surface area contributed by atoms with Crippen LogP contribution < -0.4 is 5.32 Å². The first-order valence-corrected chi connectivity index (χ1v) is 7.75. The van der Waals surface area contributed by atoms with Gasteiger partial charge in [0.2, 0.25) is 0 Å². The van der Waals surface area contributed by atoms with E-state index in [0.717, 1.165) is 6.07 Å². The van der Waals surface area contributed by atoms with E-state index in [1.54, 1.807) is 6.92 Å². The van der Waals surface area contributed by atoms with E-state index in [1.807, 2.05) is 6.07 Å². The molecule has 26 heavy (non-hydrogen) atoms. The molecule has 1 atom stereocenters. The Hall–Kier alpha value is -2.79. The smallest absolute Gasteiger partial charge is 0.416 e. The van der Waals surface area contributed by atoms with E-state index in [1.165, 1.54) is 25.1 Å². The molecule has 0 amide bonds. The molecule has 0 aromatic heterocycles. The number of hydrogen-bond acceptors (Lipinski definition) is 5. The van der Waals surface area contributed by atoms with Gasteiger partial charge in [0.1, 0.15) is 6.61 Å². The standard InChI is InChI=1S/C18H17F3N2O3/c1-10-13(9-22)16(12-5-3-4-6-14(12)18(19,20)21)15(11(2)23-10)17(25)26-8-7-24/h3-6,16,23-24H,7-8H2,1-2H3. The number of nitrogens with one attached hydrogen (secondary N) is 1. The number of halogens is 3. The van der Waals surface area contributed by atoms with Crippen molar-refractivity contribution in [3.63, 3.8) is 0 Å². The van der Waals surface area contributed by atoms with Crippen molar-refractivity contribution in [2.75, 3.05) is 13.2 Å². The average molecular weight is 366 g/mol. The molecule has 138 valence electrons. The van der Waals surface area contributed by atoms with Gasteiger partial charge in [-0.2, -0.15) is 18.4 Å². The molecule has 1 aromatic rings. The fourth-order valence-corrected chi connectivity index (χ4v) is 2.95. The molecule has 0 saturated carbocycles. The summed E-state index contributed by atoms with van der Waals surface area (Å²) in [6.45, 7) is 2.36. The van der Waals surface area contributed by atoms with Crippen molar-refractivity contribution in [3.8, 4) is 6.07 Å². The summed E-state index contributed by atoms with van der Waals surface area (Å²) in [6, 6.07) is 6.72. The molecule has 8 heteroatoms. The van der Waals surface area contributed by atoms with Gasteiger partial charge in [-0.05, 0) is 25.5 Å².